The monoisotopic (exact) mass is 470 g/mol. The zero-order valence-corrected chi connectivity index (χ0v) is 18.9. The van der Waals surface area contributed by atoms with E-state index in [0.717, 1.165) is 0 Å². The minimum Gasteiger partial charge on any atom is -0.480 e. The van der Waals surface area contributed by atoms with Crippen molar-refractivity contribution in [2.45, 2.75) is 37.0 Å². The van der Waals surface area contributed by atoms with Gasteiger partial charge < -0.3 is 31.9 Å². The SMILES string of the molecule is CSCCC(N)C(=O)NC(CCSC)C(=O)NC(CO)C(=O)NC(CS)C(=O)O. The van der Waals surface area contributed by atoms with Gasteiger partial charge in [-0.2, -0.15) is 36.2 Å². The van der Waals surface area contributed by atoms with Crippen molar-refractivity contribution in [2.75, 3.05) is 36.4 Å². The van der Waals surface area contributed by atoms with Gasteiger partial charge in [0.1, 0.15) is 18.1 Å². The second-order valence-electron chi connectivity index (χ2n) is 6.06. The molecule has 0 radical (unpaired) electrons. The van der Waals surface area contributed by atoms with Gasteiger partial charge in [0.15, 0.2) is 0 Å². The molecule has 168 valence electrons. The van der Waals surface area contributed by atoms with Crippen LogP contribution in [0.1, 0.15) is 12.8 Å². The van der Waals surface area contributed by atoms with E-state index in [4.69, 9.17) is 10.8 Å². The number of nitrogens with two attached hydrogens (primary N) is 1. The molecule has 0 rings (SSSR count). The van der Waals surface area contributed by atoms with Gasteiger partial charge in [0.25, 0.3) is 0 Å². The number of hydrogen-bond acceptors (Lipinski definition) is 9. The van der Waals surface area contributed by atoms with E-state index in [1.165, 1.54) is 11.8 Å². The van der Waals surface area contributed by atoms with Crippen LogP contribution in [0.4, 0.5) is 0 Å². The largest absolute Gasteiger partial charge is 0.480 e. The van der Waals surface area contributed by atoms with Gasteiger partial charge in [-0.15, -0.1) is 0 Å². The molecule has 0 aromatic carbocycles. The van der Waals surface area contributed by atoms with Crippen molar-refractivity contribution in [1.29, 1.82) is 0 Å². The Morgan fingerprint density at radius 1 is 0.897 bits per heavy atom. The van der Waals surface area contributed by atoms with Crippen LogP contribution in [0.5, 0.6) is 0 Å². The molecule has 4 unspecified atom stereocenters. The first-order valence-electron chi connectivity index (χ1n) is 8.80. The van der Waals surface area contributed by atoms with Gasteiger partial charge in [-0.1, -0.05) is 0 Å². The first kappa shape index (κ1) is 27.8. The summed E-state index contributed by atoms with van der Waals surface area (Å²) in [5, 5.41) is 25.5. The lowest BCUT2D eigenvalue weighted by Gasteiger charge is -2.24. The summed E-state index contributed by atoms with van der Waals surface area (Å²) in [5.41, 5.74) is 5.83. The maximum Gasteiger partial charge on any atom is 0.327 e. The molecular weight excluding hydrogens is 440 g/mol. The molecule has 0 spiro atoms. The number of hydrogen-bond donors (Lipinski definition) is 7. The number of aliphatic carboxylic acids is 1. The van der Waals surface area contributed by atoms with Crippen LogP contribution in [-0.4, -0.2) is 94.4 Å². The number of carbonyl (C=O) groups excluding carboxylic acids is 3. The molecule has 0 aliphatic carbocycles. The van der Waals surface area contributed by atoms with Crippen LogP contribution in [0.2, 0.25) is 0 Å². The second kappa shape index (κ2) is 15.7. The first-order valence-corrected chi connectivity index (χ1v) is 12.2. The Hall–Kier alpha value is -1.15. The lowest BCUT2D eigenvalue weighted by Crippen LogP contribution is -2.58. The van der Waals surface area contributed by atoms with E-state index in [9.17, 15) is 24.3 Å². The third-order valence-electron chi connectivity index (χ3n) is 3.83. The number of amides is 3. The maximum absolute atomic E-state index is 12.6. The summed E-state index contributed by atoms with van der Waals surface area (Å²) >= 11 is 6.86. The Balaban J connectivity index is 5.05. The van der Waals surface area contributed by atoms with Crippen LogP contribution in [-0.2, 0) is 19.2 Å². The fourth-order valence-corrected chi connectivity index (χ4v) is 3.29. The fraction of sp³-hybridized carbons (Fsp3) is 0.750. The van der Waals surface area contributed by atoms with Crippen LogP contribution < -0.4 is 21.7 Å². The minimum absolute atomic E-state index is 0.159. The highest BCUT2D eigenvalue weighted by Gasteiger charge is 2.29. The van der Waals surface area contributed by atoms with E-state index in [0.29, 0.717) is 24.3 Å². The molecule has 4 atom stereocenters. The second-order valence-corrected chi connectivity index (χ2v) is 8.39. The molecule has 0 fully saturated rings. The summed E-state index contributed by atoms with van der Waals surface area (Å²) in [4.78, 5) is 48.0. The van der Waals surface area contributed by atoms with Gasteiger partial charge >= 0.3 is 5.97 Å². The minimum atomic E-state index is -1.37. The Morgan fingerprint density at radius 3 is 1.86 bits per heavy atom. The summed E-state index contributed by atoms with van der Waals surface area (Å²) in [6.07, 6.45) is 4.48. The van der Waals surface area contributed by atoms with E-state index < -0.39 is 54.5 Å². The van der Waals surface area contributed by atoms with E-state index in [1.54, 1.807) is 11.8 Å². The van der Waals surface area contributed by atoms with E-state index >= 15 is 0 Å². The van der Waals surface area contributed by atoms with E-state index in [-0.39, 0.29) is 5.75 Å². The molecule has 0 aliphatic rings. The summed E-state index contributed by atoms with van der Waals surface area (Å²) in [6, 6.07) is -4.35. The van der Waals surface area contributed by atoms with Crippen molar-refractivity contribution < 1.29 is 29.4 Å². The summed E-state index contributed by atoms with van der Waals surface area (Å²) in [5.74, 6) is -2.21. The van der Waals surface area contributed by atoms with Gasteiger partial charge in [0.05, 0.1) is 12.6 Å². The van der Waals surface area contributed by atoms with Crippen LogP contribution in [0.15, 0.2) is 0 Å². The van der Waals surface area contributed by atoms with Crippen molar-refractivity contribution in [1.82, 2.24) is 16.0 Å². The topological polar surface area (TPSA) is 171 Å². The van der Waals surface area contributed by atoms with Crippen molar-refractivity contribution in [3.8, 4) is 0 Å². The number of carboxylic acids is 1. The number of carboxylic acid groups (broad SMARTS) is 1. The van der Waals surface area contributed by atoms with Gasteiger partial charge in [0.2, 0.25) is 17.7 Å². The third-order valence-corrected chi connectivity index (χ3v) is 5.48. The third kappa shape index (κ3) is 11.0. The van der Waals surface area contributed by atoms with Crippen molar-refractivity contribution in [3.05, 3.63) is 0 Å². The van der Waals surface area contributed by atoms with Gasteiger partial charge in [0, 0.05) is 5.75 Å². The molecule has 0 bridgehead atoms. The quantitative estimate of drug-likeness (QED) is 0.138. The number of thiol groups is 1. The molecule has 13 heteroatoms. The normalized spacial score (nSPS) is 14.9. The first-order chi connectivity index (χ1) is 13.7. The number of rotatable bonds is 15. The zero-order chi connectivity index (χ0) is 22.4. The van der Waals surface area contributed by atoms with E-state index in [2.05, 4.69) is 28.6 Å². The molecule has 3 amide bonds. The zero-order valence-electron chi connectivity index (χ0n) is 16.4. The Labute approximate surface area is 184 Å². The Kier molecular flexibility index (Phi) is 15.0. The maximum atomic E-state index is 12.6. The summed E-state index contributed by atoms with van der Waals surface area (Å²) in [6.45, 7) is -0.743. The summed E-state index contributed by atoms with van der Waals surface area (Å²) < 4.78 is 0. The summed E-state index contributed by atoms with van der Waals surface area (Å²) in [7, 11) is 0. The highest BCUT2D eigenvalue weighted by atomic mass is 32.2. The lowest BCUT2D eigenvalue weighted by atomic mass is 10.1. The number of aliphatic hydroxyl groups excluding tert-OH is 1. The highest BCUT2D eigenvalue weighted by molar-refractivity contribution is 7.98. The molecule has 0 heterocycles. The molecule has 0 aromatic rings. The average Bonchev–Trinajstić information content (AvgIpc) is 2.70. The van der Waals surface area contributed by atoms with Gasteiger partial charge in [-0.3, -0.25) is 14.4 Å². The highest BCUT2D eigenvalue weighted by Crippen LogP contribution is 2.04. The predicted octanol–water partition coefficient (Wildman–Crippen LogP) is -1.72. The van der Waals surface area contributed by atoms with Crippen molar-refractivity contribution in [2.24, 2.45) is 5.73 Å². The molecule has 0 aliphatic heterocycles. The van der Waals surface area contributed by atoms with Crippen LogP contribution in [0, 0.1) is 0 Å². The average molecular weight is 471 g/mol. The number of aliphatic hydroxyl groups is 1. The van der Waals surface area contributed by atoms with Crippen LogP contribution >= 0.6 is 36.2 Å². The van der Waals surface area contributed by atoms with Gasteiger partial charge in [-0.25, -0.2) is 4.79 Å². The Bertz CT molecular complexity index is 555. The number of carbonyl (C=O) groups is 4. The van der Waals surface area contributed by atoms with Crippen LogP contribution in [0.25, 0.3) is 0 Å². The molecule has 7 N–H and O–H groups in total. The molecule has 29 heavy (non-hydrogen) atoms. The molecule has 10 nitrogen and oxygen atoms in total. The number of thioether (sulfide) groups is 2. The Morgan fingerprint density at radius 2 is 1.38 bits per heavy atom. The van der Waals surface area contributed by atoms with Crippen molar-refractivity contribution in [3.63, 3.8) is 0 Å². The van der Waals surface area contributed by atoms with Crippen molar-refractivity contribution >= 4 is 59.8 Å². The smallest absolute Gasteiger partial charge is 0.327 e. The standard InChI is InChI=1S/C16H30N4O6S3/c1-28-5-3-9(17)13(22)18-10(4-6-29-2)14(23)19-11(7-21)15(24)20-12(8-27)16(25)26/h9-12,21,27H,3-8,17H2,1-2H3,(H,18,22)(H,19,23)(H,20,24)(H,25,26). The predicted molar refractivity (Wildman–Crippen MR) is 118 cm³/mol. The molecule has 0 saturated heterocycles. The number of nitrogens with one attached hydrogen (secondary N) is 3. The molecular formula is C16H30N4O6S3. The molecule has 0 aromatic heterocycles. The fourth-order valence-electron chi connectivity index (χ4n) is 2.08. The van der Waals surface area contributed by atoms with E-state index in [1.807, 2.05) is 12.5 Å². The lowest BCUT2D eigenvalue weighted by molar-refractivity contribution is -0.142. The van der Waals surface area contributed by atoms with Crippen LogP contribution in [0.3, 0.4) is 0 Å². The molecule has 0 saturated carbocycles. The van der Waals surface area contributed by atoms with Gasteiger partial charge in [-0.05, 0) is 36.9 Å².